The maximum Gasteiger partial charge on any atom is 0.168 e. The summed E-state index contributed by atoms with van der Waals surface area (Å²) in [5.41, 5.74) is -0.259. The zero-order valence-electron chi connectivity index (χ0n) is 27.3. The molecule has 1 aliphatic heterocycles. The van der Waals surface area contributed by atoms with E-state index in [0.29, 0.717) is 13.2 Å². The lowest BCUT2D eigenvalue weighted by Crippen LogP contribution is -2.53. The lowest BCUT2D eigenvalue weighted by molar-refractivity contribution is -0.308. The van der Waals surface area contributed by atoms with Crippen LogP contribution >= 0.6 is 15.8 Å². The van der Waals surface area contributed by atoms with Gasteiger partial charge in [-0.25, -0.2) is 0 Å². The molecule has 1 heterocycles. The maximum atomic E-state index is 6.91. The smallest absolute Gasteiger partial charge is 0.168 e. The third-order valence-electron chi connectivity index (χ3n) is 8.86. The van der Waals surface area contributed by atoms with Crippen LogP contribution in [0.4, 0.5) is 0 Å². The number of rotatable bonds is 13. The number of hydrogen-bond donors (Lipinski definition) is 0. The number of para-hydroxylation sites is 3. The third-order valence-corrected chi connectivity index (χ3v) is 14.5. The monoisotopic (exact) mass is 656 g/mol. The van der Waals surface area contributed by atoms with Gasteiger partial charge in [0.05, 0.1) is 34.5 Å². The van der Waals surface area contributed by atoms with Gasteiger partial charge in [-0.15, -0.1) is 6.42 Å². The SMILES string of the molecule is C#C/C=C\C=C/CP(CC1(CP(c2ccccc2OC)c2ccccc2OC)COC2(CCCCC2)OC1)c1ccccc1OC. The largest absolute Gasteiger partial charge is 0.496 e. The summed E-state index contributed by atoms with van der Waals surface area (Å²) in [5, 5.41) is 3.65. The van der Waals surface area contributed by atoms with Crippen molar-refractivity contribution in [2.24, 2.45) is 5.41 Å². The van der Waals surface area contributed by atoms with Gasteiger partial charge in [-0.3, -0.25) is 0 Å². The van der Waals surface area contributed by atoms with Crippen LogP contribution in [0.5, 0.6) is 17.2 Å². The molecule has 1 aliphatic carbocycles. The molecule has 5 rings (SSSR count). The third kappa shape index (κ3) is 8.23. The quantitative estimate of drug-likeness (QED) is 0.109. The molecule has 0 amide bonds. The Morgan fingerprint density at radius 3 is 1.78 bits per heavy atom. The predicted octanol–water partition coefficient (Wildman–Crippen LogP) is 7.39. The first kappa shape index (κ1) is 34.2. The summed E-state index contributed by atoms with van der Waals surface area (Å²) < 4.78 is 31.7. The summed E-state index contributed by atoms with van der Waals surface area (Å²) >= 11 is 0. The minimum Gasteiger partial charge on any atom is -0.496 e. The molecule has 3 aromatic carbocycles. The number of benzene rings is 3. The fourth-order valence-corrected chi connectivity index (χ4v) is 12.4. The molecule has 1 saturated carbocycles. The van der Waals surface area contributed by atoms with E-state index < -0.39 is 21.6 Å². The van der Waals surface area contributed by atoms with Crippen molar-refractivity contribution in [2.75, 3.05) is 53.0 Å². The van der Waals surface area contributed by atoms with Crippen LogP contribution in [0.2, 0.25) is 0 Å². The van der Waals surface area contributed by atoms with Crippen molar-refractivity contribution in [3.63, 3.8) is 0 Å². The van der Waals surface area contributed by atoms with Gasteiger partial charge in [-0.05, 0) is 63.5 Å². The second kappa shape index (κ2) is 16.6. The summed E-state index contributed by atoms with van der Waals surface area (Å²) in [6.07, 6.45) is 21.5. The zero-order valence-corrected chi connectivity index (χ0v) is 29.1. The molecule has 0 aromatic heterocycles. The molecule has 242 valence electrons. The fraction of sp³-hybridized carbons (Fsp3) is 0.385. The molecule has 3 aromatic rings. The van der Waals surface area contributed by atoms with E-state index >= 15 is 0 Å². The number of allylic oxidation sites excluding steroid dienone is 4. The Bertz CT molecular complexity index is 1460. The number of terminal acetylenes is 1. The lowest BCUT2D eigenvalue weighted by atomic mass is 9.89. The normalized spacial score (nSPS) is 18.1. The molecular weight excluding hydrogens is 610 g/mol. The van der Waals surface area contributed by atoms with Crippen LogP contribution in [0.25, 0.3) is 0 Å². The second-order valence-corrected chi connectivity index (χ2v) is 16.4. The molecule has 1 saturated heterocycles. The molecule has 0 radical (unpaired) electrons. The first-order valence-corrected chi connectivity index (χ1v) is 19.3. The number of ether oxygens (including phenoxy) is 5. The van der Waals surface area contributed by atoms with Crippen LogP contribution in [0.3, 0.4) is 0 Å². The highest BCUT2D eigenvalue weighted by molar-refractivity contribution is 7.73. The van der Waals surface area contributed by atoms with Crippen molar-refractivity contribution in [3.05, 3.63) is 97.1 Å². The molecule has 0 bridgehead atoms. The number of hydrogen-bond acceptors (Lipinski definition) is 5. The van der Waals surface area contributed by atoms with Crippen molar-refractivity contribution in [2.45, 2.75) is 37.9 Å². The minimum atomic E-state index is -0.918. The highest BCUT2D eigenvalue weighted by Gasteiger charge is 2.48. The predicted molar refractivity (Wildman–Crippen MR) is 194 cm³/mol. The molecule has 7 heteroatoms. The molecule has 0 N–H and O–H groups in total. The van der Waals surface area contributed by atoms with Crippen molar-refractivity contribution in [1.29, 1.82) is 0 Å². The Morgan fingerprint density at radius 1 is 0.717 bits per heavy atom. The van der Waals surface area contributed by atoms with E-state index in [-0.39, 0.29) is 5.41 Å². The summed E-state index contributed by atoms with van der Waals surface area (Å²) in [4.78, 5) is 0. The maximum absolute atomic E-state index is 6.91. The topological polar surface area (TPSA) is 46.2 Å². The zero-order chi connectivity index (χ0) is 32.2. The van der Waals surface area contributed by atoms with E-state index in [1.54, 1.807) is 27.4 Å². The van der Waals surface area contributed by atoms with Crippen LogP contribution in [-0.2, 0) is 9.47 Å². The van der Waals surface area contributed by atoms with Gasteiger partial charge in [0.1, 0.15) is 17.2 Å². The average molecular weight is 657 g/mol. The fourth-order valence-electron chi connectivity index (χ4n) is 6.53. The van der Waals surface area contributed by atoms with Gasteiger partial charge >= 0.3 is 0 Å². The van der Waals surface area contributed by atoms with Crippen LogP contribution in [0.15, 0.2) is 97.1 Å². The van der Waals surface area contributed by atoms with Crippen molar-refractivity contribution < 1.29 is 23.7 Å². The Morgan fingerprint density at radius 2 is 1.24 bits per heavy atom. The second-order valence-electron chi connectivity index (χ2n) is 12.0. The first-order chi connectivity index (χ1) is 22.6. The van der Waals surface area contributed by atoms with Gasteiger partial charge in [0, 0.05) is 34.2 Å². The lowest BCUT2D eigenvalue weighted by Gasteiger charge is -2.50. The Hall–Kier alpha value is -3.12. The number of methoxy groups -OCH3 is 3. The van der Waals surface area contributed by atoms with E-state index in [4.69, 9.17) is 30.1 Å². The molecule has 1 spiro atoms. The van der Waals surface area contributed by atoms with Crippen LogP contribution in [-0.4, -0.2) is 58.8 Å². The van der Waals surface area contributed by atoms with Crippen molar-refractivity contribution >= 4 is 31.8 Å². The highest BCUT2D eigenvalue weighted by Crippen LogP contribution is 2.53. The van der Waals surface area contributed by atoms with Gasteiger partial charge < -0.3 is 23.7 Å². The standard InChI is InChI=1S/C39H46O5P2/c1-5-6-7-8-18-27-45(35-22-13-10-19-32(35)40-2)30-38(28-43-39(44-29-38)25-16-9-17-26-39)31-46(36-23-14-11-20-33(36)41-3)37-24-15-12-21-34(37)42-4/h1,6-8,10-15,18-24H,9,16-17,25-31H2,2-4H3/b7-6-,18-8-. The van der Waals surface area contributed by atoms with E-state index in [9.17, 15) is 0 Å². The van der Waals surface area contributed by atoms with Crippen LogP contribution < -0.4 is 30.1 Å². The first-order valence-electron chi connectivity index (χ1n) is 16.0. The summed E-state index contributed by atoms with van der Waals surface area (Å²) in [7, 11) is 3.65. The summed E-state index contributed by atoms with van der Waals surface area (Å²) in [5.74, 6) is 4.83. The van der Waals surface area contributed by atoms with Gasteiger partial charge in [-0.2, -0.15) is 0 Å². The van der Waals surface area contributed by atoms with Crippen LogP contribution in [0, 0.1) is 17.8 Å². The van der Waals surface area contributed by atoms with E-state index in [0.717, 1.165) is 61.4 Å². The van der Waals surface area contributed by atoms with Gasteiger partial charge in [0.2, 0.25) is 0 Å². The average Bonchev–Trinajstić information content (AvgIpc) is 3.12. The molecule has 1 atom stereocenters. The highest BCUT2D eigenvalue weighted by atomic mass is 31.1. The van der Waals surface area contributed by atoms with E-state index in [1.807, 2.05) is 24.3 Å². The molecule has 2 fully saturated rings. The van der Waals surface area contributed by atoms with Crippen LogP contribution in [0.1, 0.15) is 32.1 Å². The summed E-state index contributed by atoms with van der Waals surface area (Å²) in [6, 6.07) is 25.3. The van der Waals surface area contributed by atoms with Gasteiger partial charge in [0.25, 0.3) is 0 Å². The van der Waals surface area contributed by atoms with Crippen molar-refractivity contribution in [3.8, 4) is 29.6 Å². The molecule has 2 aliphatic rings. The molecule has 46 heavy (non-hydrogen) atoms. The Kier molecular flexibility index (Phi) is 12.4. The van der Waals surface area contributed by atoms with Gasteiger partial charge in [-0.1, -0.05) is 93.1 Å². The molecular formula is C39H46O5P2. The molecule has 1 unspecified atom stereocenters. The van der Waals surface area contributed by atoms with Gasteiger partial charge in [0.15, 0.2) is 5.79 Å². The minimum absolute atomic E-state index is 0.259. The Labute approximate surface area is 277 Å². The summed E-state index contributed by atoms with van der Waals surface area (Å²) in [6.45, 7) is 1.29. The van der Waals surface area contributed by atoms with E-state index in [2.05, 4.69) is 72.7 Å². The van der Waals surface area contributed by atoms with E-state index in [1.165, 1.54) is 22.3 Å². The van der Waals surface area contributed by atoms with Crippen molar-refractivity contribution in [1.82, 2.24) is 0 Å². The Balaban J connectivity index is 1.59. The molecule has 5 nitrogen and oxygen atoms in total.